The molecular formula is C20H17ClN6O5S. The van der Waals surface area contributed by atoms with E-state index in [4.69, 9.17) is 21.8 Å². The number of urea groups is 1. The van der Waals surface area contributed by atoms with Gasteiger partial charge in [-0.1, -0.05) is 23.7 Å². The van der Waals surface area contributed by atoms with Crippen LogP contribution in [0.4, 0.5) is 4.79 Å². The van der Waals surface area contributed by atoms with Crippen LogP contribution in [0.25, 0.3) is 34.2 Å². The highest BCUT2D eigenvalue weighted by atomic mass is 35.5. The van der Waals surface area contributed by atoms with Crippen LogP contribution in [0.3, 0.4) is 0 Å². The Hall–Kier alpha value is -3.74. The van der Waals surface area contributed by atoms with Crippen LogP contribution in [0.1, 0.15) is 5.69 Å². The highest BCUT2D eigenvalue weighted by molar-refractivity contribution is 7.90. The van der Waals surface area contributed by atoms with E-state index in [1.165, 1.54) is 12.1 Å². The molecule has 0 atom stereocenters. The quantitative estimate of drug-likeness (QED) is 0.274. The van der Waals surface area contributed by atoms with E-state index in [0.717, 1.165) is 6.26 Å². The number of hydrogen-bond donors (Lipinski definition) is 3. The van der Waals surface area contributed by atoms with Crippen molar-refractivity contribution in [3.05, 3.63) is 59.2 Å². The van der Waals surface area contributed by atoms with E-state index in [-0.39, 0.29) is 33.8 Å². The number of halogens is 1. The van der Waals surface area contributed by atoms with Crippen molar-refractivity contribution in [3.8, 4) is 34.2 Å². The van der Waals surface area contributed by atoms with E-state index in [1.54, 1.807) is 36.4 Å². The van der Waals surface area contributed by atoms with Crippen molar-refractivity contribution in [3.63, 3.8) is 0 Å². The van der Waals surface area contributed by atoms with Crippen molar-refractivity contribution in [2.24, 2.45) is 5.73 Å². The van der Waals surface area contributed by atoms with Gasteiger partial charge in [-0.25, -0.2) is 23.3 Å². The number of sulfone groups is 1. The zero-order valence-electron chi connectivity index (χ0n) is 17.1. The molecule has 0 aliphatic rings. The van der Waals surface area contributed by atoms with Crippen molar-refractivity contribution in [2.45, 2.75) is 11.4 Å². The van der Waals surface area contributed by atoms with Crippen molar-refractivity contribution >= 4 is 27.5 Å². The summed E-state index contributed by atoms with van der Waals surface area (Å²) in [4.78, 5) is 15.9. The number of hydroxylamine groups is 2. The maximum absolute atomic E-state index is 11.8. The second kappa shape index (κ2) is 8.65. The lowest BCUT2D eigenvalue weighted by Crippen LogP contribution is -2.32. The molecule has 2 amide bonds. The molecule has 0 fully saturated rings. The van der Waals surface area contributed by atoms with Gasteiger partial charge in [0.1, 0.15) is 11.4 Å². The molecule has 0 bridgehead atoms. The van der Waals surface area contributed by atoms with Gasteiger partial charge in [-0.3, -0.25) is 5.21 Å². The Kier molecular flexibility index (Phi) is 5.89. The Bertz CT molecular complexity index is 1410. The zero-order chi connectivity index (χ0) is 23.8. The summed E-state index contributed by atoms with van der Waals surface area (Å²) in [5, 5.41) is 20.8. The molecule has 2 aromatic carbocycles. The number of oxazole rings is 1. The van der Waals surface area contributed by atoms with Crippen molar-refractivity contribution in [1.82, 2.24) is 25.5 Å². The number of carbonyl (C=O) groups is 1. The normalized spacial score (nSPS) is 11.5. The summed E-state index contributed by atoms with van der Waals surface area (Å²) in [5.74, 6) is 0.433. The van der Waals surface area contributed by atoms with Crippen LogP contribution in [0, 0.1) is 0 Å². The molecule has 170 valence electrons. The van der Waals surface area contributed by atoms with E-state index in [0.29, 0.717) is 27.6 Å². The molecule has 0 unspecified atom stereocenters. The van der Waals surface area contributed by atoms with Crippen LogP contribution in [-0.2, 0) is 16.4 Å². The molecule has 2 heterocycles. The molecule has 0 aliphatic heterocycles. The van der Waals surface area contributed by atoms with E-state index >= 15 is 0 Å². The number of aromatic nitrogens is 4. The molecule has 0 radical (unpaired) electrons. The third kappa shape index (κ3) is 4.72. The molecular weight excluding hydrogens is 472 g/mol. The average Bonchev–Trinajstić information content (AvgIpc) is 3.40. The molecule has 13 heteroatoms. The van der Waals surface area contributed by atoms with Crippen molar-refractivity contribution < 1.29 is 22.8 Å². The molecule has 4 aromatic rings. The average molecular weight is 489 g/mol. The fourth-order valence-electron chi connectivity index (χ4n) is 3.03. The third-order valence-corrected chi connectivity index (χ3v) is 6.05. The second-order valence-corrected chi connectivity index (χ2v) is 9.47. The Labute approximate surface area is 192 Å². The van der Waals surface area contributed by atoms with Crippen LogP contribution < -0.4 is 5.73 Å². The van der Waals surface area contributed by atoms with Gasteiger partial charge < -0.3 is 10.2 Å². The Morgan fingerprint density at radius 3 is 2.33 bits per heavy atom. The number of benzene rings is 2. The molecule has 2 aromatic heterocycles. The fourth-order valence-corrected chi connectivity index (χ4v) is 3.78. The van der Waals surface area contributed by atoms with Crippen LogP contribution in [0.2, 0.25) is 5.02 Å². The van der Waals surface area contributed by atoms with Crippen LogP contribution >= 0.6 is 11.6 Å². The van der Waals surface area contributed by atoms with Crippen LogP contribution in [0.5, 0.6) is 0 Å². The molecule has 4 rings (SSSR count). The van der Waals surface area contributed by atoms with Crippen LogP contribution in [-0.4, -0.2) is 51.4 Å². The summed E-state index contributed by atoms with van der Waals surface area (Å²) >= 11 is 6.01. The lowest BCUT2D eigenvalue weighted by molar-refractivity contribution is -0.0478. The number of primary amides is 1. The van der Waals surface area contributed by atoms with Gasteiger partial charge in [0, 0.05) is 22.4 Å². The number of nitrogens with zero attached hydrogens (tertiary/aromatic N) is 4. The third-order valence-electron chi connectivity index (χ3n) is 4.67. The van der Waals surface area contributed by atoms with Gasteiger partial charge in [0.05, 0.1) is 11.4 Å². The first-order valence-electron chi connectivity index (χ1n) is 9.36. The molecule has 33 heavy (non-hydrogen) atoms. The fraction of sp³-hybridized carbons (Fsp3) is 0.100. The van der Waals surface area contributed by atoms with E-state index in [9.17, 15) is 18.4 Å². The predicted molar refractivity (Wildman–Crippen MR) is 118 cm³/mol. The summed E-state index contributed by atoms with van der Waals surface area (Å²) in [6, 6.07) is 12.0. The largest absolute Gasteiger partial charge is 0.434 e. The number of amides is 2. The van der Waals surface area contributed by atoms with Crippen molar-refractivity contribution in [1.29, 1.82) is 0 Å². The molecule has 0 spiro atoms. The lowest BCUT2D eigenvalue weighted by atomic mass is 10.1. The van der Waals surface area contributed by atoms with Gasteiger partial charge in [0.2, 0.25) is 5.89 Å². The number of rotatable bonds is 6. The predicted octanol–water partition coefficient (Wildman–Crippen LogP) is 3.12. The summed E-state index contributed by atoms with van der Waals surface area (Å²) in [6.45, 7) is -0.349. The number of aromatic amines is 1. The topological polar surface area (TPSA) is 168 Å². The smallest absolute Gasteiger partial charge is 0.338 e. The minimum Gasteiger partial charge on any atom is -0.434 e. The monoisotopic (exact) mass is 488 g/mol. The first-order valence-corrected chi connectivity index (χ1v) is 11.6. The van der Waals surface area contributed by atoms with E-state index < -0.39 is 15.9 Å². The summed E-state index contributed by atoms with van der Waals surface area (Å²) in [7, 11) is -3.37. The highest BCUT2D eigenvalue weighted by Crippen LogP contribution is 2.36. The Morgan fingerprint density at radius 2 is 1.73 bits per heavy atom. The molecule has 11 nitrogen and oxygen atoms in total. The van der Waals surface area contributed by atoms with Gasteiger partial charge in [-0.15, -0.1) is 0 Å². The van der Waals surface area contributed by atoms with Gasteiger partial charge in [-0.2, -0.15) is 15.4 Å². The Balaban J connectivity index is 1.83. The lowest BCUT2D eigenvalue weighted by Gasteiger charge is -2.09. The second-order valence-electron chi connectivity index (χ2n) is 7.01. The summed E-state index contributed by atoms with van der Waals surface area (Å²) in [5.41, 5.74) is 7.05. The van der Waals surface area contributed by atoms with Crippen LogP contribution in [0.15, 0.2) is 57.8 Å². The molecule has 0 aliphatic carbocycles. The standard InChI is InChI=1S/C20H17ClN6O5S/c1-33(30,31)14-8-4-11(5-9-14)16-18(12-2-6-13(21)7-3-12)32-19(23-16)17-15(24-26-25-17)10-27(29)20(22)28/h2-9,29H,10H2,1H3,(H2,22,28)(H,24,25,26). The highest BCUT2D eigenvalue weighted by Gasteiger charge is 2.24. The number of nitrogens with one attached hydrogen (secondary N) is 1. The SMILES string of the molecule is CS(=O)(=O)c1ccc(-c2nc(-c3n[nH]nc3CN(O)C(N)=O)oc2-c2ccc(Cl)cc2)cc1. The first-order chi connectivity index (χ1) is 15.6. The van der Waals surface area contributed by atoms with E-state index in [2.05, 4.69) is 20.4 Å². The zero-order valence-corrected chi connectivity index (χ0v) is 18.6. The van der Waals surface area contributed by atoms with Crippen molar-refractivity contribution in [2.75, 3.05) is 6.26 Å². The molecule has 0 saturated carbocycles. The maximum Gasteiger partial charge on any atom is 0.338 e. The molecule has 0 saturated heterocycles. The maximum atomic E-state index is 11.8. The Morgan fingerprint density at radius 1 is 1.09 bits per heavy atom. The van der Waals surface area contributed by atoms with Gasteiger partial charge >= 0.3 is 6.03 Å². The van der Waals surface area contributed by atoms with Gasteiger partial charge in [-0.05, 0) is 36.4 Å². The summed E-state index contributed by atoms with van der Waals surface area (Å²) < 4.78 is 29.6. The molecule has 4 N–H and O–H groups in total. The summed E-state index contributed by atoms with van der Waals surface area (Å²) in [6.07, 6.45) is 1.12. The van der Waals surface area contributed by atoms with Gasteiger partial charge in [0.15, 0.2) is 21.3 Å². The first kappa shape index (κ1) is 22.5. The van der Waals surface area contributed by atoms with E-state index in [1.807, 2.05) is 0 Å². The minimum absolute atomic E-state index is 0.0590. The number of H-pyrrole nitrogens is 1. The number of carbonyl (C=O) groups excluding carboxylic acids is 1. The minimum atomic E-state index is -3.37. The van der Waals surface area contributed by atoms with Gasteiger partial charge in [0.25, 0.3) is 0 Å². The number of nitrogens with two attached hydrogens (primary N) is 1. The number of hydrogen-bond acceptors (Lipinski definition) is 8.